The van der Waals surface area contributed by atoms with Crippen LogP contribution in [0.25, 0.3) is 0 Å². The summed E-state index contributed by atoms with van der Waals surface area (Å²) >= 11 is 0. The quantitative estimate of drug-likeness (QED) is 0.364. The van der Waals surface area contributed by atoms with Gasteiger partial charge >= 0.3 is 0 Å². The van der Waals surface area contributed by atoms with Crippen molar-refractivity contribution in [3.8, 4) is 0 Å². The fraction of sp³-hybridized carbons (Fsp3) is 0.947. The summed E-state index contributed by atoms with van der Waals surface area (Å²) in [5, 5.41) is 16.6. The smallest absolute Gasteiger partial charge is 0.191 e. The van der Waals surface area contributed by atoms with E-state index in [1.165, 1.54) is 0 Å². The van der Waals surface area contributed by atoms with Crippen molar-refractivity contribution in [3.63, 3.8) is 0 Å². The minimum absolute atomic E-state index is 0.0855. The van der Waals surface area contributed by atoms with Crippen molar-refractivity contribution in [2.45, 2.75) is 65.1 Å². The van der Waals surface area contributed by atoms with Crippen molar-refractivity contribution < 1.29 is 5.11 Å². The van der Waals surface area contributed by atoms with E-state index in [9.17, 15) is 5.11 Å². The molecule has 0 amide bonds. The zero-order chi connectivity index (χ0) is 18.2. The molecule has 2 unspecified atom stereocenters. The summed E-state index contributed by atoms with van der Waals surface area (Å²) in [4.78, 5) is 9.77. The zero-order valence-corrected chi connectivity index (χ0v) is 16.7. The van der Waals surface area contributed by atoms with Gasteiger partial charge in [0.1, 0.15) is 0 Å². The van der Waals surface area contributed by atoms with E-state index in [1.54, 1.807) is 0 Å². The van der Waals surface area contributed by atoms with Gasteiger partial charge in [-0.25, -0.2) is 0 Å². The first-order valence-corrected chi connectivity index (χ1v) is 10.2. The molecule has 6 nitrogen and oxygen atoms in total. The van der Waals surface area contributed by atoms with Crippen molar-refractivity contribution in [1.82, 2.24) is 20.4 Å². The number of hydrogen-bond acceptors (Lipinski definition) is 4. The van der Waals surface area contributed by atoms with E-state index in [1.807, 2.05) is 0 Å². The van der Waals surface area contributed by atoms with Crippen LogP contribution in [0.5, 0.6) is 0 Å². The number of aliphatic hydroxyl groups is 1. The SMILES string of the molecule is CCNC(=NCCCN1CCC(O)CC1)NC1CN(C(C)C)CC1C. The molecule has 25 heavy (non-hydrogen) atoms. The molecule has 0 saturated carbocycles. The van der Waals surface area contributed by atoms with Gasteiger partial charge in [-0.1, -0.05) is 6.92 Å². The lowest BCUT2D eigenvalue weighted by molar-refractivity contribution is 0.0824. The lowest BCUT2D eigenvalue weighted by Crippen LogP contribution is -2.47. The van der Waals surface area contributed by atoms with E-state index in [-0.39, 0.29) is 6.10 Å². The van der Waals surface area contributed by atoms with Gasteiger partial charge in [0.05, 0.1) is 6.10 Å². The van der Waals surface area contributed by atoms with Gasteiger partial charge in [0.15, 0.2) is 5.96 Å². The summed E-state index contributed by atoms with van der Waals surface area (Å²) < 4.78 is 0. The highest BCUT2D eigenvalue weighted by molar-refractivity contribution is 5.80. The Balaban J connectivity index is 1.74. The third kappa shape index (κ3) is 6.76. The van der Waals surface area contributed by atoms with Crippen LogP contribution in [0.2, 0.25) is 0 Å². The predicted octanol–water partition coefficient (Wildman–Crippen LogP) is 1.12. The third-order valence-corrected chi connectivity index (χ3v) is 5.50. The Hall–Kier alpha value is -0.850. The highest BCUT2D eigenvalue weighted by Crippen LogP contribution is 2.18. The Morgan fingerprint density at radius 2 is 1.96 bits per heavy atom. The third-order valence-electron chi connectivity index (χ3n) is 5.50. The standard InChI is InChI=1S/C19H39N5O/c1-5-20-19(22-18-14-24(15(2)3)13-16(18)4)21-9-6-10-23-11-7-17(25)8-12-23/h15-18,25H,5-14H2,1-4H3,(H2,20,21,22). The van der Waals surface area contributed by atoms with Crippen molar-refractivity contribution in [1.29, 1.82) is 0 Å². The van der Waals surface area contributed by atoms with Crippen molar-refractivity contribution >= 4 is 5.96 Å². The molecule has 0 aromatic heterocycles. The maximum atomic E-state index is 9.57. The first-order valence-electron chi connectivity index (χ1n) is 10.2. The second-order valence-electron chi connectivity index (χ2n) is 7.96. The van der Waals surface area contributed by atoms with Crippen molar-refractivity contribution in [2.75, 3.05) is 45.8 Å². The number of hydrogen-bond donors (Lipinski definition) is 3. The number of nitrogens with zero attached hydrogens (tertiary/aromatic N) is 3. The van der Waals surface area contributed by atoms with E-state index in [2.05, 4.69) is 48.1 Å². The van der Waals surface area contributed by atoms with Crippen LogP contribution in [0.1, 0.15) is 47.0 Å². The Morgan fingerprint density at radius 1 is 1.24 bits per heavy atom. The number of piperidine rings is 1. The fourth-order valence-corrected chi connectivity index (χ4v) is 3.74. The van der Waals surface area contributed by atoms with Gasteiger partial charge < -0.3 is 20.6 Å². The van der Waals surface area contributed by atoms with Gasteiger partial charge in [-0.3, -0.25) is 9.89 Å². The second kappa shape index (κ2) is 10.3. The van der Waals surface area contributed by atoms with E-state index < -0.39 is 0 Å². The molecule has 2 atom stereocenters. The highest BCUT2D eigenvalue weighted by atomic mass is 16.3. The van der Waals surface area contributed by atoms with E-state index >= 15 is 0 Å². The molecule has 6 heteroatoms. The molecule has 0 aliphatic carbocycles. The van der Waals surface area contributed by atoms with Crippen LogP contribution in [-0.2, 0) is 0 Å². The lowest BCUT2D eigenvalue weighted by atomic mass is 10.1. The Morgan fingerprint density at radius 3 is 2.56 bits per heavy atom. The normalized spacial score (nSPS) is 27.2. The minimum atomic E-state index is -0.0855. The van der Waals surface area contributed by atoms with Crippen LogP contribution in [0.3, 0.4) is 0 Å². The lowest BCUT2D eigenvalue weighted by Gasteiger charge is -2.29. The molecule has 2 saturated heterocycles. The molecule has 2 rings (SSSR count). The van der Waals surface area contributed by atoms with Gasteiger partial charge in [0.25, 0.3) is 0 Å². The molecule has 0 spiro atoms. The summed E-state index contributed by atoms with van der Waals surface area (Å²) in [5.74, 6) is 1.60. The number of aliphatic imine (C=N–C) groups is 1. The summed E-state index contributed by atoms with van der Waals surface area (Å²) in [7, 11) is 0. The largest absolute Gasteiger partial charge is 0.393 e. The van der Waals surface area contributed by atoms with Crippen LogP contribution in [0, 0.1) is 5.92 Å². The maximum absolute atomic E-state index is 9.57. The number of rotatable bonds is 7. The maximum Gasteiger partial charge on any atom is 0.191 e. The van der Waals surface area contributed by atoms with E-state index in [4.69, 9.17) is 4.99 Å². The molecule has 2 fully saturated rings. The van der Waals surface area contributed by atoms with Gasteiger partial charge in [-0.05, 0) is 52.5 Å². The van der Waals surface area contributed by atoms with Crippen LogP contribution < -0.4 is 10.6 Å². The molecule has 0 aromatic carbocycles. The summed E-state index contributed by atoms with van der Waals surface area (Å²) in [6, 6.07) is 1.08. The van der Waals surface area contributed by atoms with E-state index in [0.29, 0.717) is 18.0 Å². The number of nitrogens with one attached hydrogen (secondary N) is 2. The number of guanidine groups is 1. The summed E-state index contributed by atoms with van der Waals surface area (Å²) in [5.41, 5.74) is 0. The first-order chi connectivity index (χ1) is 12.0. The number of aliphatic hydroxyl groups excluding tert-OH is 1. The highest BCUT2D eigenvalue weighted by Gasteiger charge is 2.31. The van der Waals surface area contributed by atoms with Crippen LogP contribution >= 0.6 is 0 Å². The van der Waals surface area contributed by atoms with Gasteiger partial charge in [-0.15, -0.1) is 0 Å². The molecule has 146 valence electrons. The van der Waals surface area contributed by atoms with Gasteiger partial charge in [0.2, 0.25) is 0 Å². The predicted molar refractivity (Wildman–Crippen MR) is 105 cm³/mol. The molecule has 2 heterocycles. The van der Waals surface area contributed by atoms with Crippen molar-refractivity contribution in [2.24, 2.45) is 10.9 Å². The fourth-order valence-electron chi connectivity index (χ4n) is 3.74. The first kappa shape index (κ1) is 20.5. The Kier molecular flexibility index (Phi) is 8.46. The van der Waals surface area contributed by atoms with E-state index in [0.717, 1.165) is 71.0 Å². The molecule has 3 N–H and O–H groups in total. The average Bonchev–Trinajstić information content (AvgIpc) is 2.94. The molecular weight excluding hydrogens is 314 g/mol. The molecule has 0 aromatic rings. The Bertz CT molecular complexity index is 407. The van der Waals surface area contributed by atoms with Crippen molar-refractivity contribution in [3.05, 3.63) is 0 Å². The molecule has 0 bridgehead atoms. The van der Waals surface area contributed by atoms with Gasteiger partial charge in [-0.2, -0.15) is 0 Å². The molecular formula is C19H39N5O. The average molecular weight is 354 g/mol. The van der Waals surface area contributed by atoms with Crippen LogP contribution in [-0.4, -0.2) is 84.9 Å². The molecule has 0 radical (unpaired) electrons. The second-order valence-corrected chi connectivity index (χ2v) is 7.96. The Labute approximate surface area is 154 Å². The van der Waals surface area contributed by atoms with Crippen LogP contribution in [0.15, 0.2) is 4.99 Å². The van der Waals surface area contributed by atoms with Gasteiger partial charge in [0, 0.05) is 51.4 Å². The molecule has 2 aliphatic heterocycles. The topological polar surface area (TPSA) is 63.1 Å². The summed E-state index contributed by atoms with van der Waals surface area (Å²) in [6.45, 7) is 16.1. The van der Waals surface area contributed by atoms with Crippen LogP contribution in [0.4, 0.5) is 0 Å². The minimum Gasteiger partial charge on any atom is -0.393 e. The number of likely N-dealkylation sites (tertiary alicyclic amines) is 2. The monoisotopic (exact) mass is 353 g/mol. The summed E-state index contributed by atoms with van der Waals surface area (Å²) in [6.07, 6.45) is 2.82. The molecule has 2 aliphatic rings. The zero-order valence-electron chi connectivity index (χ0n) is 16.7.